The fourth-order valence-corrected chi connectivity index (χ4v) is 3.99. The molecule has 3 aliphatic carbocycles. The van der Waals surface area contributed by atoms with Crippen LogP contribution in [-0.4, -0.2) is 22.5 Å². The molecule has 1 fully saturated rings. The number of carbonyl (C=O) groups is 1. The maximum atomic E-state index is 12.7. The molecular formula is C15H19N3O2. The highest BCUT2D eigenvalue weighted by molar-refractivity contribution is 6.09. The van der Waals surface area contributed by atoms with Crippen molar-refractivity contribution in [1.82, 2.24) is 0 Å². The summed E-state index contributed by atoms with van der Waals surface area (Å²) in [5.41, 5.74) is 9.07. The number of hydrogen-bond acceptors (Lipinski definition) is 3. The maximum Gasteiger partial charge on any atom is 0.194 e. The SMILES string of the molecule is CC1=C2C(=CC(C)(C)[C@H]2N=[N+]=[N-])C(=O)[C@](C)(O)C12CC2. The highest BCUT2D eigenvalue weighted by Gasteiger charge is 2.66. The van der Waals surface area contributed by atoms with Crippen LogP contribution >= 0.6 is 0 Å². The predicted molar refractivity (Wildman–Crippen MR) is 74.8 cm³/mol. The molecule has 5 heteroatoms. The molecule has 0 amide bonds. The lowest BCUT2D eigenvalue weighted by Gasteiger charge is -2.40. The zero-order chi connectivity index (χ0) is 14.9. The van der Waals surface area contributed by atoms with Gasteiger partial charge in [-0.2, -0.15) is 0 Å². The first-order valence-electron chi connectivity index (χ1n) is 6.95. The summed E-state index contributed by atoms with van der Waals surface area (Å²) >= 11 is 0. The van der Waals surface area contributed by atoms with E-state index in [4.69, 9.17) is 5.53 Å². The van der Waals surface area contributed by atoms with Gasteiger partial charge >= 0.3 is 0 Å². The minimum absolute atomic E-state index is 0.223. The van der Waals surface area contributed by atoms with Crippen LogP contribution in [0.1, 0.15) is 40.5 Å². The van der Waals surface area contributed by atoms with E-state index in [0.29, 0.717) is 5.57 Å². The quantitative estimate of drug-likeness (QED) is 0.452. The predicted octanol–water partition coefficient (Wildman–Crippen LogP) is 3.06. The van der Waals surface area contributed by atoms with E-state index in [1.165, 1.54) is 0 Å². The summed E-state index contributed by atoms with van der Waals surface area (Å²) < 4.78 is 0. The molecule has 1 spiro atoms. The van der Waals surface area contributed by atoms with Crippen molar-refractivity contribution in [1.29, 1.82) is 0 Å². The molecule has 0 heterocycles. The van der Waals surface area contributed by atoms with E-state index < -0.39 is 16.4 Å². The molecule has 3 rings (SSSR count). The topological polar surface area (TPSA) is 86.1 Å². The van der Waals surface area contributed by atoms with E-state index in [0.717, 1.165) is 24.0 Å². The molecular weight excluding hydrogens is 254 g/mol. The Morgan fingerprint density at radius 3 is 2.50 bits per heavy atom. The first kappa shape index (κ1) is 13.4. The summed E-state index contributed by atoms with van der Waals surface area (Å²) in [5, 5.41) is 14.6. The lowest BCUT2D eigenvalue weighted by Crippen LogP contribution is -2.49. The molecule has 1 saturated carbocycles. The van der Waals surface area contributed by atoms with Crippen molar-refractivity contribution in [3.63, 3.8) is 0 Å². The Morgan fingerprint density at radius 1 is 1.40 bits per heavy atom. The smallest absolute Gasteiger partial charge is 0.194 e. The minimum atomic E-state index is -1.34. The van der Waals surface area contributed by atoms with Gasteiger partial charge in [0.1, 0.15) is 5.60 Å². The Balaban J connectivity index is 2.29. The van der Waals surface area contributed by atoms with Gasteiger partial charge in [0, 0.05) is 15.9 Å². The summed E-state index contributed by atoms with van der Waals surface area (Å²) in [6.45, 7) is 7.51. The number of nitrogens with zero attached hydrogens (tertiary/aromatic N) is 3. The molecule has 0 aromatic carbocycles. The third-order valence-corrected chi connectivity index (χ3v) is 5.44. The number of hydrogen-bond donors (Lipinski definition) is 1. The molecule has 0 aromatic rings. The lowest BCUT2D eigenvalue weighted by molar-refractivity contribution is -0.137. The zero-order valence-corrected chi connectivity index (χ0v) is 12.3. The molecule has 2 atom stereocenters. The first-order chi connectivity index (χ1) is 9.19. The van der Waals surface area contributed by atoms with Gasteiger partial charge in [0.15, 0.2) is 5.78 Å². The van der Waals surface area contributed by atoms with Crippen molar-refractivity contribution in [2.45, 2.75) is 52.2 Å². The number of Topliss-reactive ketones (excluding diaryl/α,β-unsaturated/α-hetero) is 1. The largest absolute Gasteiger partial charge is 0.381 e. The first-order valence-corrected chi connectivity index (χ1v) is 6.95. The molecule has 0 aromatic heterocycles. The molecule has 0 radical (unpaired) electrons. The second-order valence-electron chi connectivity index (χ2n) is 7.01. The van der Waals surface area contributed by atoms with Gasteiger partial charge in [0.05, 0.1) is 6.04 Å². The Bertz CT molecular complexity index is 630. The van der Waals surface area contributed by atoms with E-state index in [2.05, 4.69) is 10.0 Å². The van der Waals surface area contributed by atoms with E-state index >= 15 is 0 Å². The van der Waals surface area contributed by atoms with Crippen molar-refractivity contribution in [2.75, 3.05) is 0 Å². The molecule has 106 valence electrons. The highest BCUT2D eigenvalue weighted by Crippen LogP contribution is 2.65. The van der Waals surface area contributed by atoms with E-state index in [-0.39, 0.29) is 11.8 Å². The summed E-state index contributed by atoms with van der Waals surface area (Å²) in [7, 11) is 0. The van der Waals surface area contributed by atoms with Crippen LogP contribution in [0.25, 0.3) is 10.4 Å². The van der Waals surface area contributed by atoms with Gasteiger partial charge in [-0.3, -0.25) is 4.79 Å². The van der Waals surface area contributed by atoms with Gasteiger partial charge < -0.3 is 5.11 Å². The average molecular weight is 273 g/mol. The van der Waals surface area contributed by atoms with E-state index in [1.54, 1.807) is 6.92 Å². The van der Waals surface area contributed by atoms with Crippen LogP contribution in [0.4, 0.5) is 0 Å². The normalized spacial score (nSPS) is 36.5. The Kier molecular flexibility index (Phi) is 2.37. The van der Waals surface area contributed by atoms with Crippen LogP contribution in [0.5, 0.6) is 0 Å². The summed E-state index contributed by atoms with van der Waals surface area (Å²) in [5.74, 6) is -0.223. The number of fused-ring (bicyclic) bond motifs is 1. The van der Waals surface area contributed by atoms with Crippen LogP contribution in [0.3, 0.4) is 0 Å². The number of ketones is 1. The molecule has 5 nitrogen and oxygen atoms in total. The highest BCUT2D eigenvalue weighted by atomic mass is 16.3. The average Bonchev–Trinajstić information content (AvgIpc) is 3.11. The van der Waals surface area contributed by atoms with Gasteiger partial charge in [0.25, 0.3) is 0 Å². The Hall–Kier alpha value is -1.58. The molecule has 0 unspecified atom stereocenters. The lowest BCUT2D eigenvalue weighted by atomic mass is 9.67. The summed E-state index contributed by atoms with van der Waals surface area (Å²) in [6, 6.07) is -0.361. The molecule has 1 N–H and O–H groups in total. The van der Waals surface area contributed by atoms with Gasteiger partial charge in [-0.05, 0) is 43.2 Å². The van der Waals surface area contributed by atoms with Crippen LogP contribution < -0.4 is 0 Å². The minimum Gasteiger partial charge on any atom is -0.381 e. The van der Waals surface area contributed by atoms with Crippen molar-refractivity contribution in [2.24, 2.45) is 15.9 Å². The molecule has 0 bridgehead atoms. The number of rotatable bonds is 1. The second-order valence-corrected chi connectivity index (χ2v) is 7.01. The second kappa shape index (κ2) is 3.54. The van der Waals surface area contributed by atoms with Crippen molar-refractivity contribution in [3.05, 3.63) is 33.2 Å². The monoisotopic (exact) mass is 273 g/mol. The van der Waals surface area contributed by atoms with E-state index in [9.17, 15) is 9.90 Å². The fraction of sp³-hybridized carbons (Fsp3) is 0.667. The molecule has 3 aliphatic rings. The fourth-order valence-electron chi connectivity index (χ4n) is 3.99. The van der Waals surface area contributed by atoms with Gasteiger partial charge in [-0.1, -0.05) is 30.6 Å². The number of aliphatic hydroxyl groups is 1. The third kappa shape index (κ3) is 1.32. The molecule has 20 heavy (non-hydrogen) atoms. The van der Waals surface area contributed by atoms with Crippen LogP contribution in [0, 0.1) is 10.8 Å². The third-order valence-electron chi connectivity index (χ3n) is 5.44. The Morgan fingerprint density at radius 2 is 2.00 bits per heavy atom. The zero-order valence-electron chi connectivity index (χ0n) is 12.3. The standard InChI is InChI=1S/C15H19N3O2/c1-8-10-9(7-13(2,3)11(10)17-18-16)12(19)14(4,20)15(8)5-6-15/h7,11,20H,5-6H2,1-4H3/t11-,14-/m0/s1. The Labute approximate surface area is 118 Å². The van der Waals surface area contributed by atoms with Crippen molar-refractivity contribution in [3.8, 4) is 0 Å². The molecule has 0 aliphatic heterocycles. The van der Waals surface area contributed by atoms with Gasteiger partial charge in [-0.15, -0.1) is 0 Å². The molecule has 0 saturated heterocycles. The maximum absolute atomic E-state index is 12.7. The van der Waals surface area contributed by atoms with Crippen LogP contribution in [-0.2, 0) is 4.79 Å². The number of azide groups is 1. The van der Waals surface area contributed by atoms with Crippen molar-refractivity contribution >= 4 is 5.78 Å². The summed E-state index contributed by atoms with van der Waals surface area (Å²) in [4.78, 5) is 15.6. The van der Waals surface area contributed by atoms with Gasteiger partial charge in [0.2, 0.25) is 0 Å². The van der Waals surface area contributed by atoms with Crippen LogP contribution in [0.15, 0.2) is 27.9 Å². The van der Waals surface area contributed by atoms with Crippen molar-refractivity contribution < 1.29 is 9.90 Å². The van der Waals surface area contributed by atoms with Gasteiger partial charge in [-0.25, -0.2) is 0 Å². The summed E-state index contributed by atoms with van der Waals surface area (Å²) in [6.07, 6.45) is 3.49. The van der Waals surface area contributed by atoms with Crippen LogP contribution in [0.2, 0.25) is 0 Å². The van der Waals surface area contributed by atoms with E-state index in [1.807, 2.05) is 26.8 Å². The number of carbonyl (C=O) groups excluding carboxylic acids is 1.